The van der Waals surface area contributed by atoms with Crippen molar-refractivity contribution in [3.8, 4) is 0 Å². The molecule has 3 aromatic rings. The van der Waals surface area contributed by atoms with Gasteiger partial charge in [-0.05, 0) is 30.2 Å². The van der Waals surface area contributed by atoms with Gasteiger partial charge in [0.25, 0.3) is 0 Å². The second-order valence-electron chi connectivity index (χ2n) is 4.93. The molecule has 0 aliphatic rings. The zero-order valence-electron chi connectivity index (χ0n) is 11.4. The lowest BCUT2D eigenvalue weighted by atomic mass is 10.1. The Hall–Kier alpha value is -2.40. The number of benzene rings is 1. The van der Waals surface area contributed by atoms with Gasteiger partial charge in [-0.3, -0.25) is 0 Å². The second kappa shape index (κ2) is 5.93. The summed E-state index contributed by atoms with van der Waals surface area (Å²) >= 11 is 0. The molecule has 4 nitrogen and oxygen atoms in total. The molecule has 0 aliphatic heterocycles. The normalized spacial score (nSPS) is 12.5. The number of fused-ring (bicyclic) bond motifs is 1. The van der Waals surface area contributed by atoms with E-state index < -0.39 is 5.95 Å². The van der Waals surface area contributed by atoms with Gasteiger partial charge in [0.05, 0.1) is 12.6 Å². The van der Waals surface area contributed by atoms with Gasteiger partial charge in [0.1, 0.15) is 5.82 Å². The number of para-hydroxylation sites is 1. The van der Waals surface area contributed by atoms with Gasteiger partial charge < -0.3 is 15.4 Å². The highest BCUT2D eigenvalue weighted by Crippen LogP contribution is 2.20. The number of aromatic nitrogens is 2. The van der Waals surface area contributed by atoms with Crippen LogP contribution >= 0.6 is 0 Å². The first-order valence-electron chi connectivity index (χ1n) is 6.81. The summed E-state index contributed by atoms with van der Waals surface area (Å²) in [6, 6.07) is 12.3. The van der Waals surface area contributed by atoms with E-state index in [1.807, 2.05) is 30.5 Å². The molecule has 1 atom stereocenters. The Bertz CT molecular complexity index is 741. The van der Waals surface area contributed by atoms with Gasteiger partial charge in [0.2, 0.25) is 5.95 Å². The first-order chi connectivity index (χ1) is 10.3. The number of pyridine rings is 1. The maximum atomic E-state index is 13.1. The summed E-state index contributed by atoms with van der Waals surface area (Å²) in [5, 5.41) is 13.7. The molecule has 3 N–H and O–H groups in total. The van der Waals surface area contributed by atoms with E-state index >= 15 is 0 Å². The van der Waals surface area contributed by atoms with Crippen LogP contribution in [0.2, 0.25) is 0 Å². The summed E-state index contributed by atoms with van der Waals surface area (Å²) in [5.74, 6) is -0.113. The number of nitrogens with one attached hydrogen (secondary N) is 2. The highest BCUT2D eigenvalue weighted by atomic mass is 19.1. The van der Waals surface area contributed by atoms with E-state index in [0.717, 1.165) is 16.5 Å². The van der Waals surface area contributed by atoms with E-state index in [0.29, 0.717) is 12.2 Å². The molecule has 5 heteroatoms. The molecular weight excluding hydrogens is 269 g/mol. The van der Waals surface area contributed by atoms with Gasteiger partial charge in [-0.15, -0.1) is 0 Å². The first-order valence-corrected chi connectivity index (χ1v) is 6.81. The van der Waals surface area contributed by atoms with Crippen molar-refractivity contribution in [2.45, 2.75) is 12.5 Å². The van der Waals surface area contributed by atoms with Crippen LogP contribution in [0.1, 0.15) is 5.56 Å². The molecule has 0 radical (unpaired) electrons. The molecular formula is C16H16FN3O. The monoisotopic (exact) mass is 285 g/mol. The molecule has 108 valence electrons. The van der Waals surface area contributed by atoms with Gasteiger partial charge in [0, 0.05) is 17.1 Å². The van der Waals surface area contributed by atoms with E-state index in [9.17, 15) is 9.50 Å². The second-order valence-corrected chi connectivity index (χ2v) is 4.93. The largest absolute Gasteiger partial charge is 0.394 e. The van der Waals surface area contributed by atoms with Crippen molar-refractivity contribution in [2.24, 2.45) is 0 Å². The number of nitrogens with zero attached hydrogens (tertiary/aromatic N) is 1. The third-order valence-electron chi connectivity index (χ3n) is 3.43. The van der Waals surface area contributed by atoms with Crippen molar-refractivity contribution >= 4 is 16.7 Å². The zero-order chi connectivity index (χ0) is 14.7. The molecule has 0 bridgehead atoms. The van der Waals surface area contributed by atoms with Gasteiger partial charge in [-0.1, -0.05) is 24.3 Å². The highest BCUT2D eigenvalue weighted by Gasteiger charge is 2.12. The topological polar surface area (TPSA) is 60.9 Å². The van der Waals surface area contributed by atoms with Crippen molar-refractivity contribution < 1.29 is 9.50 Å². The molecule has 1 aromatic carbocycles. The van der Waals surface area contributed by atoms with Crippen LogP contribution in [-0.4, -0.2) is 27.7 Å². The van der Waals surface area contributed by atoms with E-state index in [4.69, 9.17) is 0 Å². The predicted molar refractivity (Wildman–Crippen MR) is 80.7 cm³/mol. The summed E-state index contributed by atoms with van der Waals surface area (Å²) < 4.78 is 13.1. The van der Waals surface area contributed by atoms with Crippen molar-refractivity contribution in [3.05, 3.63) is 60.2 Å². The predicted octanol–water partition coefficient (Wildman–Crippen LogP) is 2.72. The Balaban J connectivity index is 1.78. The molecule has 2 heterocycles. The Kier molecular flexibility index (Phi) is 3.83. The van der Waals surface area contributed by atoms with Gasteiger partial charge in [0.15, 0.2) is 0 Å². The molecule has 0 saturated heterocycles. The van der Waals surface area contributed by atoms with Crippen LogP contribution in [0.15, 0.2) is 48.7 Å². The molecule has 0 spiro atoms. The fourth-order valence-corrected chi connectivity index (χ4v) is 2.42. The fourth-order valence-electron chi connectivity index (χ4n) is 2.42. The number of hydrogen-bond acceptors (Lipinski definition) is 3. The SMILES string of the molecule is OC[C@H](Cc1c[nH]c2ccccc12)Nc1cccc(F)n1. The van der Waals surface area contributed by atoms with Crippen LogP contribution in [0.5, 0.6) is 0 Å². The van der Waals surface area contributed by atoms with E-state index in [1.54, 1.807) is 12.1 Å². The van der Waals surface area contributed by atoms with Crippen LogP contribution < -0.4 is 5.32 Å². The fraction of sp³-hybridized carbons (Fsp3) is 0.188. The van der Waals surface area contributed by atoms with Crippen LogP contribution in [0.3, 0.4) is 0 Å². The molecule has 0 amide bonds. The summed E-state index contributed by atoms with van der Waals surface area (Å²) in [4.78, 5) is 6.96. The third kappa shape index (κ3) is 3.03. The molecule has 0 fully saturated rings. The quantitative estimate of drug-likeness (QED) is 0.632. The highest BCUT2D eigenvalue weighted by molar-refractivity contribution is 5.83. The van der Waals surface area contributed by atoms with Crippen LogP contribution in [0.4, 0.5) is 10.2 Å². The lowest BCUT2D eigenvalue weighted by Gasteiger charge is -2.16. The van der Waals surface area contributed by atoms with Crippen molar-refractivity contribution in [1.29, 1.82) is 0 Å². The van der Waals surface area contributed by atoms with E-state index in [1.165, 1.54) is 6.07 Å². The molecule has 0 aliphatic carbocycles. The maximum absolute atomic E-state index is 13.1. The molecule has 0 saturated carbocycles. The minimum Gasteiger partial charge on any atom is -0.394 e. The zero-order valence-corrected chi connectivity index (χ0v) is 11.4. The van der Waals surface area contributed by atoms with Crippen LogP contribution in [0.25, 0.3) is 10.9 Å². The number of aliphatic hydroxyl groups is 1. The minimum atomic E-state index is -0.538. The standard InChI is InChI=1S/C16H16FN3O/c17-15-6-3-7-16(20-15)19-12(10-21)8-11-9-18-14-5-2-1-4-13(11)14/h1-7,9,12,18,21H,8,10H2,(H,19,20)/t12-/m0/s1. The Morgan fingerprint density at radius 3 is 2.86 bits per heavy atom. The number of hydrogen-bond donors (Lipinski definition) is 3. The van der Waals surface area contributed by atoms with Gasteiger partial charge >= 0.3 is 0 Å². The molecule has 3 rings (SSSR count). The smallest absolute Gasteiger partial charge is 0.214 e. The Labute approximate surface area is 121 Å². The summed E-state index contributed by atoms with van der Waals surface area (Å²) in [6.07, 6.45) is 2.56. The number of halogens is 1. The van der Waals surface area contributed by atoms with Crippen LogP contribution in [-0.2, 0) is 6.42 Å². The average Bonchev–Trinajstić information content (AvgIpc) is 2.90. The van der Waals surface area contributed by atoms with Crippen LogP contribution in [0, 0.1) is 5.95 Å². The maximum Gasteiger partial charge on any atom is 0.214 e. The van der Waals surface area contributed by atoms with Crippen molar-refractivity contribution in [3.63, 3.8) is 0 Å². The molecule has 21 heavy (non-hydrogen) atoms. The van der Waals surface area contributed by atoms with Crippen molar-refractivity contribution in [1.82, 2.24) is 9.97 Å². The van der Waals surface area contributed by atoms with Gasteiger partial charge in [-0.25, -0.2) is 4.98 Å². The minimum absolute atomic E-state index is 0.0578. The summed E-state index contributed by atoms with van der Waals surface area (Å²) in [5.41, 5.74) is 2.17. The molecule has 0 unspecified atom stereocenters. The lowest BCUT2D eigenvalue weighted by Crippen LogP contribution is -2.26. The Morgan fingerprint density at radius 1 is 1.19 bits per heavy atom. The van der Waals surface area contributed by atoms with E-state index in [2.05, 4.69) is 15.3 Å². The lowest BCUT2D eigenvalue weighted by molar-refractivity contribution is 0.273. The number of aliphatic hydroxyl groups excluding tert-OH is 1. The number of aromatic amines is 1. The number of H-pyrrole nitrogens is 1. The summed E-state index contributed by atoms with van der Waals surface area (Å²) in [7, 11) is 0. The summed E-state index contributed by atoms with van der Waals surface area (Å²) in [6.45, 7) is -0.0578. The first kappa shape index (κ1) is 13.6. The molecule has 2 aromatic heterocycles. The van der Waals surface area contributed by atoms with E-state index in [-0.39, 0.29) is 12.6 Å². The van der Waals surface area contributed by atoms with Crippen molar-refractivity contribution in [2.75, 3.05) is 11.9 Å². The van der Waals surface area contributed by atoms with Gasteiger partial charge in [-0.2, -0.15) is 4.39 Å². The number of anilines is 1. The Morgan fingerprint density at radius 2 is 2.05 bits per heavy atom. The number of rotatable bonds is 5. The third-order valence-corrected chi connectivity index (χ3v) is 3.43. The average molecular weight is 285 g/mol.